The molecule has 3 aromatic rings. The largest absolute Gasteiger partial charge is 0.454 e. The van der Waals surface area contributed by atoms with Crippen LogP contribution in [0.1, 0.15) is 32.1 Å². The number of aryl methyl sites for hydroxylation is 1. The number of hydrogen-bond donors (Lipinski definition) is 1. The monoisotopic (exact) mass is 444 g/mol. The van der Waals surface area contributed by atoms with E-state index in [-0.39, 0.29) is 11.3 Å². The molecule has 31 heavy (non-hydrogen) atoms. The third kappa shape index (κ3) is 5.00. The van der Waals surface area contributed by atoms with Crippen LogP contribution in [0.2, 0.25) is 0 Å². The van der Waals surface area contributed by atoms with Crippen LogP contribution in [0.15, 0.2) is 54.6 Å². The first-order valence-corrected chi connectivity index (χ1v) is 11.2. The predicted molar refractivity (Wildman–Crippen MR) is 115 cm³/mol. The van der Waals surface area contributed by atoms with Crippen molar-refractivity contribution in [1.82, 2.24) is 4.57 Å². The van der Waals surface area contributed by atoms with E-state index in [0.717, 1.165) is 6.26 Å². The minimum Gasteiger partial charge on any atom is -0.454 e. The quantitative estimate of drug-likeness (QED) is 0.444. The van der Waals surface area contributed by atoms with Crippen LogP contribution in [-0.4, -0.2) is 37.6 Å². The van der Waals surface area contributed by atoms with Crippen LogP contribution < -0.4 is 4.72 Å². The Morgan fingerprint density at radius 3 is 2.35 bits per heavy atom. The number of carbonyl (C=O) groups is 2. The van der Waals surface area contributed by atoms with E-state index in [2.05, 4.69) is 4.72 Å². The van der Waals surface area contributed by atoms with Crippen molar-refractivity contribution in [2.24, 2.45) is 0 Å². The molecule has 2 aromatic carbocycles. The second kappa shape index (κ2) is 8.73. The number of nitrogens with one attached hydrogen (secondary N) is 1. The van der Waals surface area contributed by atoms with Gasteiger partial charge in [-0.05, 0) is 44.2 Å². The van der Waals surface area contributed by atoms with Crippen LogP contribution in [0.3, 0.4) is 0 Å². The van der Waals surface area contributed by atoms with Crippen LogP contribution in [0, 0.1) is 19.7 Å². The fourth-order valence-electron chi connectivity index (χ4n) is 3.29. The second-order valence-corrected chi connectivity index (χ2v) is 8.74. The zero-order valence-electron chi connectivity index (χ0n) is 17.2. The summed E-state index contributed by atoms with van der Waals surface area (Å²) in [7, 11) is -3.60. The molecule has 0 aliphatic rings. The lowest BCUT2D eigenvalue weighted by Crippen LogP contribution is -2.18. The Bertz CT molecular complexity index is 1260. The van der Waals surface area contributed by atoms with Crippen LogP contribution in [0.25, 0.3) is 5.69 Å². The van der Waals surface area contributed by atoms with Crippen molar-refractivity contribution in [2.75, 3.05) is 17.6 Å². The molecule has 0 amide bonds. The van der Waals surface area contributed by atoms with Crippen LogP contribution >= 0.6 is 0 Å². The van der Waals surface area contributed by atoms with Gasteiger partial charge >= 0.3 is 5.97 Å². The number of hydrogen-bond acceptors (Lipinski definition) is 5. The van der Waals surface area contributed by atoms with E-state index in [1.807, 2.05) is 0 Å². The van der Waals surface area contributed by atoms with E-state index in [4.69, 9.17) is 4.74 Å². The SMILES string of the molecule is Cc1cc(C(=O)COC(=O)c2ccccc2NS(C)(=O)=O)c(C)n1-c1ccccc1F. The Morgan fingerprint density at radius 2 is 1.68 bits per heavy atom. The molecule has 1 aromatic heterocycles. The van der Waals surface area contributed by atoms with Gasteiger partial charge in [0.1, 0.15) is 5.82 Å². The maximum atomic E-state index is 14.2. The first-order valence-electron chi connectivity index (χ1n) is 9.29. The molecule has 9 heteroatoms. The molecule has 3 rings (SSSR count). The first-order chi connectivity index (χ1) is 14.6. The highest BCUT2D eigenvalue weighted by molar-refractivity contribution is 7.92. The zero-order chi connectivity index (χ0) is 22.8. The van der Waals surface area contributed by atoms with E-state index in [9.17, 15) is 22.4 Å². The Balaban J connectivity index is 1.79. The first kappa shape index (κ1) is 22.2. The number of esters is 1. The van der Waals surface area contributed by atoms with Crippen molar-refractivity contribution in [3.63, 3.8) is 0 Å². The number of sulfonamides is 1. The number of ether oxygens (including phenoxy) is 1. The lowest BCUT2D eigenvalue weighted by Gasteiger charge is -2.11. The summed E-state index contributed by atoms with van der Waals surface area (Å²) in [5.74, 6) is -1.73. The number of rotatable bonds is 7. The highest BCUT2D eigenvalue weighted by atomic mass is 32.2. The van der Waals surface area contributed by atoms with E-state index >= 15 is 0 Å². The highest BCUT2D eigenvalue weighted by Crippen LogP contribution is 2.23. The van der Waals surface area contributed by atoms with E-state index in [0.29, 0.717) is 22.6 Å². The second-order valence-electron chi connectivity index (χ2n) is 6.99. The fourth-order valence-corrected chi connectivity index (χ4v) is 3.86. The molecular formula is C22H21FN2O5S. The van der Waals surface area contributed by atoms with Gasteiger partial charge in [-0.15, -0.1) is 0 Å². The number of carbonyl (C=O) groups excluding carboxylic acids is 2. The molecule has 0 saturated carbocycles. The van der Waals surface area contributed by atoms with Gasteiger partial charge < -0.3 is 9.30 Å². The lowest BCUT2D eigenvalue weighted by atomic mass is 10.1. The van der Waals surface area contributed by atoms with Gasteiger partial charge in [-0.1, -0.05) is 24.3 Å². The van der Waals surface area contributed by atoms with Crippen molar-refractivity contribution in [3.05, 3.63) is 82.9 Å². The van der Waals surface area contributed by atoms with Crippen molar-refractivity contribution in [1.29, 1.82) is 0 Å². The van der Waals surface area contributed by atoms with Gasteiger partial charge in [-0.3, -0.25) is 9.52 Å². The summed E-state index contributed by atoms with van der Waals surface area (Å²) in [6.45, 7) is 2.88. The summed E-state index contributed by atoms with van der Waals surface area (Å²) in [5, 5.41) is 0. The number of ketones is 1. The summed E-state index contributed by atoms with van der Waals surface area (Å²) in [4.78, 5) is 25.1. The minimum atomic E-state index is -3.60. The number of para-hydroxylation sites is 2. The maximum absolute atomic E-state index is 14.2. The Kier molecular flexibility index (Phi) is 6.26. The standard InChI is InChI=1S/C22H21FN2O5S/c1-14-12-17(15(2)25(14)20-11-7-5-9-18(20)23)21(26)13-30-22(27)16-8-4-6-10-19(16)24-31(3,28)29/h4-12,24H,13H2,1-3H3. The van der Waals surface area contributed by atoms with E-state index in [1.165, 1.54) is 18.2 Å². The third-order valence-corrected chi connectivity index (χ3v) is 5.19. The molecule has 0 aliphatic heterocycles. The summed E-state index contributed by atoms with van der Waals surface area (Å²) >= 11 is 0. The number of benzene rings is 2. The number of Topliss-reactive ketones (excluding diaryl/α,β-unsaturated/α-hetero) is 1. The molecule has 7 nitrogen and oxygen atoms in total. The normalized spacial score (nSPS) is 11.2. The van der Waals surface area contributed by atoms with Gasteiger partial charge in [0.15, 0.2) is 6.61 Å². The fraction of sp³-hybridized carbons (Fsp3) is 0.182. The molecular weight excluding hydrogens is 423 g/mol. The lowest BCUT2D eigenvalue weighted by molar-refractivity contribution is 0.0475. The van der Waals surface area contributed by atoms with E-state index < -0.39 is 34.2 Å². The number of aromatic nitrogens is 1. The summed E-state index contributed by atoms with van der Waals surface area (Å²) in [5.41, 5.74) is 1.82. The highest BCUT2D eigenvalue weighted by Gasteiger charge is 2.21. The summed E-state index contributed by atoms with van der Waals surface area (Å²) in [6, 6.07) is 13.7. The average molecular weight is 444 g/mol. The average Bonchev–Trinajstić information content (AvgIpc) is 3.00. The molecule has 0 bridgehead atoms. The topological polar surface area (TPSA) is 94.5 Å². The van der Waals surface area contributed by atoms with Crippen LogP contribution in [-0.2, 0) is 14.8 Å². The van der Waals surface area contributed by atoms with Crippen LogP contribution in [0.4, 0.5) is 10.1 Å². The Hall–Kier alpha value is -3.46. The van der Waals surface area contributed by atoms with Gasteiger partial charge in [0.05, 0.1) is 23.2 Å². The molecule has 0 unspecified atom stereocenters. The molecule has 0 aliphatic carbocycles. The molecule has 0 saturated heterocycles. The molecule has 1 N–H and O–H groups in total. The van der Waals surface area contributed by atoms with Gasteiger partial charge in [-0.25, -0.2) is 17.6 Å². The Morgan fingerprint density at radius 1 is 1.03 bits per heavy atom. The zero-order valence-corrected chi connectivity index (χ0v) is 18.0. The molecule has 0 radical (unpaired) electrons. The summed E-state index contributed by atoms with van der Waals surface area (Å²) in [6.07, 6.45) is 0.962. The molecule has 0 spiro atoms. The smallest absolute Gasteiger partial charge is 0.340 e. The van der Waals surface area contributed by atoms with Crippen LogP contribution in [0.5, 0.6) is 0 Å². The number of anilines is 1. The number of nitrogens with zero attached hydrogens (tertiary/aromatic N) is 1. The van der Waals surface area contributed by atoms with E-state index in [1.54, 1.807) is 54.8 Å². The molecule has 162 valence electrons. The minimum absolute atomic E-state index is 0.0162. The van der Waals surface area contributed by atoms with Gasteiger partial charge in [0.25, 0.3) is 0 Å². The van der Waals surface area contributed by atoms with Crippen molar-refractivity contribution < 1.29 is 27.1 Å². The third-order valence-electron chi connectivity index (χ3n) is 4.60. The Labute approximate surface area is 179 Å². The summed E-state index contributed by atoms with van der Waals surface area (Å²) < 4.78 is 46.2. The molecule has 0 fully saturated rings. The van der Waals surface area contributed by atoms with Crippen molar-refractivity contribution in [2.45, 2.75) is 13.8 Å². The molecule has 0 atom stereocenters. The molecule has 1 heterocycles. The van der Waals surface area contributed by atoms with Gasteiger partial charge in [0, 0.05) is 17.0 Å². The predicted octanol–water partition coefficient (Wildman–Crippen LogP) is 3.64. The number of halogens is 1. The van der Waals surface area contributed by atoms with Gasteiger partial charge in [0.2, 0.25) is 15.8 Å². The van der Waals surface area contributed by atoms with Crippen molar-refractivity contribution in [3.8, 4) is 5.69 Å². The maximum Gasteiger partial charge on any atom is 0.340 e. The van der Waals surface area contributed by atoms with Gasteiger partial charge in [-0.2, -0.15) is 0 Å². The van der Waals surface area contributed by atoms with Crippen molar-refractivity contribution >= 4 is 27.5 Å².